The first-order chi connectivity index (χ1) is 6.98. The molecule has 0 aliphatic heterocycles. The molecule has 7 heteroatoms. The van der Waals surface area contributed by atoms with Crippen LogP contribution in [0.5, 0.6) is 0 Å². The van der Waals surface area contributed by atoms with Gasteiger partial charge in [-0.15, -0.1) is 11.3 Å². The van der Waals surface area contributed by atoms with Gasteiger partial charge in [-0.3, -0.25) is 4.68 Å². The number of aryl methyl sites for hydroxylation is 1. The second kappa shape index (κ2) is 3.34. The zero-order chi connectivity index (χ0) is 11.1. The van der Waals surface area contributed by atoms with Crippen molar-refractivity contribution in [1.82, 2.24) is 14.8 Å². The van der Waals surface area contributed by atoms with Crippen molar-refractivity contribution in [2.75, 3.05) is 0 Å². The lowest BCUT2D eigenvalue weighted by atomic mass is 10.3. The summed E-state index contributed by atoms with van der Waals surface area (Å²) in [4.78, 5) is 3.93. The lowest BCUT2D eigenvalue weighted by molar-refractivity contribution is -0.141. The van der Waals surface area contributed by atoms with Crippen molar-refractivity contribution in [1.29, 1.82) is 0 Å². The molecule has 2 aromatic heterocycles. The summed E-state index contributed by atoms with van der Waals surface area (Å²) in [5.74, 6) is 0. The van der Waals surface area contributed by atoms with Crippen LogP contribution in [-0.2, 0) is 13.2 Å². The standard InChI is InChI=1S/C8H6F3N3S/c1-14-5(7-12-2-3-15-7)4-6(13-14)8(9,10)11/h2-4H,1H3. The fourth-order valence-electron chi connectivity index (χ4n) is 1.16. The monoisotopic (exact) mass is 233 g/mol. The summed E-state index contributed by atoms with van der Waals surface area (Å²) in [6, 6.07) is 0.999. The minimum Gasteiger partial charge on any atom is -0.265 e. The predicted molar refractivity (Wildman–Crippen MR) is 49.3 cm³/mol. The molecule has 0 saturated heterocycles. The second-order valence-electron chi connectivity index (χ2n) is 2.87. The van der Waals surface area contributed by atoms with Gasteiger partial charge in [-0.1, -0.05) is 0 Å². The van der Waals surface area contributed by atoms with E-state index >= 15 is 0 Å². The fourth-order valence-corrected chi connectivity index (χ4v) is 1.84. The van der Waals surface area contributed by atoms with Gasteiger partial charge in [0.15, 0.2) is 5.69 Å². The van der Waals surface area contributed by atoms with Crippen molar-refractivity contribution in [3.63, 3.8) is 0 Å². The van der Waals surface area contributed by atoms with Gasteiger partial charge in [0, 0.05) is 18.6 Å². The molecule has 0 atom stereocenters. The van der Waals surface area contributed by atoms with E-state index in [-0.39, 0.29) is 0 Å². The van der Waals surface area contributed by atoms with Crippen LogP contribution in [0.1, 0.15) is 5.69 Å². The Hall–Kier alpha value is -1.37. The molecular formula is C8H6F3N3S. The molecule has 0 aromatic carbocycles. The van der Waals surface area contributed by atoms with Crippen molar-refractivity contribution in [3.8, 4) is 10.7 Å². The van der Waals surface area contributed by atoms with Crippen LogP contribution in [0.25, 0.3) is 10.7 Å². The minimum atomic E-state index is -4.41. The molecule has 3 nitrogen and oxygen atoms in total. The summed E-state index contributed by atoms with van der Waals surface area (Å²) in [6.45, 7) is 0. The largest absolute Gasteiger partial charge is 0.435 e. The Labute approximate surface area is 87.2 Å². The average Bonchev–Trinajstić information content (AvgIpc) is 2.69. The van der Waals surface area contributed by atoms with Crippen molar-refractivity contribution < 1.29 is 13.2 Å². The SMILES string of the molecule is Cn1nc(C(F)(F)F)cc1-c1nccs1. The second-order valence-corrected chi connectivity index (χ2v) is 3.77. The van der Waals surface area contributed by atoms with E-state index in [1.807, 2.05) is 0 Å². The molecule has 80 valence electrons. The van der Waals surface area contributed by atoms with Gasteiger partial charge in [-0.25, -0.2) is 4.98 Å². The van der Waals surface area contributed by atoms with Gasteiger partial charge in [0.2, 0.25) is 0 Å². The number of alkyl halides is 3. The molecule has 0 amide bonds. The number of nitrogens with zero attached hydrogens (tertiary/aromatic N) is 3. The summed E-state index contributed by atoms with van der Waals surface area (Å²) in [7, 11) is 1.46. The number of rotatable bonds is 1. The summed E-state index contributed by atoms with van der Waals surface area (Å²) in [5.41, 5.74) is -0.521. The van der Waals surface area contributed by atoms with Crippen LogP contribution in [-0.4, -0.2) is 14.8 Å². The molecule has 0 spiro atoms. The van der Waals surface area contributed by atoms with Crippen molar-refractivity contribution in [3.05, 3.63) is 23.3 Å². The highest BCUT2D eigenvalue weighted by molar-refractivity contribution is 7.13. The first-order valence-electron chi connectivity index (χ1n) is 3.99. The third-order valence-corrected chi connectivity index (χ3v) is 2.62. The minimum absolute atomic E-state index is 0.373. The van der Waals surface area contributed by atoms with Crippen LogP contribution in [0, 0.1) is 0 Å². The maximum atomic E-state index is 12.3. The number of hydrogen-bond acceptors (Lipinski definition) is 3. The Morgan fingerprint density at radius 3 is 2.60 bits per heavy atom. The highest BCUT2D eigenvalue weighted by Crippen LogP contribution is 2.31. The first kappa shape index (κ1) is 10.2. The molecule has 0 saturated carbocycles. The highest BCUT2D eigenvalue weighted by atomic mass is 32.1. The molecule has 2 heterocycles. The van der Waals surface area contributed by atoms with E-state index in [4.69, 9.17) is 0 Å². The molecule has 0 aliphatic rings. The Bertz CT molecular complexity index is 458. The maximum Gasteiger partial charge on any atom is 0.435 e. The molecule has 0 unspecified atom stereocenters. The summed E-state index contributed by atoms with van der Waals surface area (Å²) < 4.78 is 38.2. The molecule has 15 heavy (non-hydrogen) atoms. The number of aromatic nitrogens is 3. The van der Waals surface area contributed by atoms with Crippen molar-refractivity contribution >= 4 is 11.3 Å². The molecule has 2 aromatic rings. The molecule has 0 bridgehead atoms. The van der Waals surface area contributed by atoms with Crippen LogP contribution in [0.4, 0.5) is 13.2 Å². The third kappa shape index (κ3) is 1.87. The van der Waals surface area contributed by atoms with E-state index in [0.717, 1.165) is 6.07 Å². The number of halogens is 3. The van der Waals surface area contributed by atoms with Crippen LogP contribution >= 0.6 is 11.3 Å². The van der Waals surface area contributed by atoms with Gasteiger partial charge in [0.25, 0.3) is 0 Å². The summed E-state index contributed by atoms with van der Waals surface area (Å²) >= 11 is 1.27. The van der Waals surface area contributed by atoms with E-state index < -0.39 is 11.9 Å². The third-order valence-electron chi connectivity index (χ3n) is 1.82. The van der Waals surface area contributed by atoms with Crippen LogP contribution in [0.15, 0.2) is 17.6 Å². The topological polar surface area (TPSA) is 30.7 Å². The number of hydrogen-bond donors (Lipinski definition) is 0. The van der Waals surface area contributed by atoms with Gasteiger partial charge in [-0.2, -0.15) is 18.3 Å². The Balaban J connectivity index is 2.47. The zero-order valence-electron chi connectivity index (χ0n) is 7.62. The fraction of sp³-hybridized carbons (Fsp3) is 0.250. The van der Waals surface area contributed by atoms with E-state index in [2.05, 4.69) is 10.1 Å². The number of thiazole rings is 1. The molecular weight excluding hydrogens is 227 g/mol. The van der Waals surface area contributed by atoms with Gasteiger partial charge in [-0.05, 0) is 6.07 Å². The van der Waals surface area contributed by atoms with Crippen LogP contribution in [0.2, 0.25) is 0 Å². The summed E-state index contributed by atoms with van der Waals surface area (Å²) in [6.07, 6.45) is -2.87. The molecule has 2 rings (SSSR count). The molecule has 0 radical (unpaired) electrons. The van der Waals surface area contributed by atoms with Crippen LogP contribution < -0.4 is 0 Å². The van der Waals surface area contributed by atoms with Gasteiger partial charge in [0.1, 0.15) is 5.01 Å². The van der Waals surface area contributed by atoms with Crippen molar-refractivity contribution in [2.45, 2.75) is 6.18 Å². The molecule has 0 fully saturated rings. The summed E-state index contributed by atoms with van der Waals surface area (Å²) in [5, 5.41) is 5.63. The quantitative estimate of drug-likeness (QED) is 0.757. The van der Waals surface area contributed by atoms with Crippen LogP contribution in [0.3, 0.4) is 0 Å². The van der Waals surface area contributed by atoms with E-state index in [1.165, 1.54) is 23.1 Å². The van der Waals surface area contributed by atoms with E-state index in [0.29, 0.717) is 10.7 Å². The zero-order valence-corrected chi connectivity index (χ0v) is 8.43. The first-order valence-corrected chi connectivity index (χ1v) is 4.87. The smallest absolute Gasteiger partial charge is 0.265 e. The van der Waals surface area contributed by atoms with Gasteiger partial charge >= 0.3 is 6.18 Å². The van der Waals surface area contributed by atoms with Crippen molar-refractivity contribution in [2.24, 2.45) is 7.05 Å². The van der Waals surface area contributed by atoms with E-state index in [9.17, 15) is 13.2 Å². The molecule has 0 aliphatic carbocycles. The molecule has 0 N–H and O–H groups in total. The predicted octanol–water partition coefficient (Wildman–Crippen LogP) is 2.56. The highest BCUT2D eigenvalue weighted by Gasteiger charge is 2.34. The van der Waals surface area contributed by atoms with E-state index in [1.54, 1.807) is 11.6 Å². The Morgan fingerprint density at radius 1 is 1.40 bits per heavy atom. The van der Waals surface area contributed by atoms with Gasteiger partial charge in [0.05, 0.1) is 5.69 Å². The average molecular weight is 233 g/mol. The van der Waals surface area contributed by atoms with Gasteiger partial charge < -0.3 is 0 Å². The Kier molecular flexibility index (Phi) is 2.26. The normalized spacial score (nSPS) is 12.0. The lowest BCUT2D eigenvalue weighted by Gasteiger charge is -1.98. The lowest BCUT2D eigenvalue weighted by Crippen LogP contribution is -2.06. The maximum absolute atomic E-state index is 12.3. The Morgan fingerprint density at radius 2 is 2.13 bits per heavy atom.